The predicted molar refractivity (Wildman–Crippen MR) is 79.4 cm³/mol. The molecule has 0 aliphatic carbocycles. The van der Waals surface area contributed by atoms with Crippen LogP contribution in [-0.2, 0) is 0 Å². The molecule has 0 fully saturated rings. The van der Waals surface area contributed by atoms with E-state index in [2.05, 4.69) is 27.8 Å². The van der Waals surface area contributed by atoms with Crippen LogP contribution in [0.15, 0.2) is 0 Å². The van der Waals surface area contributed by atoms with Crippen molar-refractivity contribution < 1.29 is 4.48 Å². The van der Waals surface area contributed by atoms with Crippen LogP contribution in [0.4, 0.5) is 0 Å². The molecule has 0 aromatic rings. The highest BCUT2D eigenvalue weighted by Crippen LogP contribution is 2.13. The normalized spacial score (nSPS) is 12.0. The number of nitrogens with zero attached hydrogens (tertiary/aromatic N) is 1. The molecule has 0 unspecified atom stereocenters. The van der Waals surface area contributed by atoms with Crippen molar-refractivity contribution in [2.75, 3.05) is 26.7 Å². The van der Waals surface area contributed by atoms with Crippen LogP contribution in [0.25, 0.3) is 0 Å². The minimum atomic E-state index is 1.33. The van der Waals surface area contributed by atoms with Gasteiger partial charge in [0.15, 0.2) is 0 Å². The molecule has 0 heterocycles. The summed E-state index contributed by atoms with van der Waals surface area (Å²) in [6.45, 7) is 11.1. The Kier molecular flexibility index (Phi) is 11.0. The summed E-state index contributed by atoms with van der Waals surface area (Å²) < 4.78 is 1.33. The number of hydrogen-bond acceptors (Lipinski definition) is 0. The lowest BCUT2D eigenvalue weighted by Gasteiger charge is -2.35. The first-order chi connectivity index (χ1) is 8.18. The van der Waals surface area contributed by atoms with Gasteiger partial charge in [-0.05, 0) is 38.5 Å². The molecule has 0 aliphatic heterocycles. The van der Waals surface area contributed by atoms with Crippen molar-refractivity contribution in [1.29, 1.82) is 0 Å². The molecule has 0 radical (unpaired) electrons. The molecular weight excluding hydrogens is 206 g/mol. The molecule has 0 bridgehead atoms. The second kappa shape index (κ2) is 11.1. The maximum atomic E-state index is 2.49. The van der Waals surface area contributed by atoms with Gasteiger partial charge in [0.1, 0.15) is 0 Å². The van der Waals surface area contributed by atoms with Crippen LogP contribution in [0.2, 0.25) is 0 Å². The Balaban J connectivity index is 3.95. The van der Waals surface area contributed by atoms with Crippen molar-refractivity contribution in [1.82, 2.24) is 0 Å². The quantitative estimate of drug-likeness (QED) is 0.333. The Bertz CT molecular complexity index is 127. The SMILES string of the molecule is CCCCC[N+](C)(CCCCC)CCCCC. The minimum absolute atomic E-state index is 1.33. The topological polar surface area (TPSA) is 0 Å². The van der Waals surface area contributed by atoms with Gasteiger partial charge in [0.2, 0.25) is 0 Å². The lowest BCUT2D eigenvalue weighted by atomic mass is 10.1. The maximum Gasteiger partial charge on any atom is 0.0784 e. The standard InChI is InChI=1S/C16H36N/c1-5-8-11-14-17(4,15-12-9-6-2)16-13-10-7-3/h5-16H2,1-4H3/q+1. The first kappa shape index (κ1) is 17.0. The molecule has 0 N–H and O–H groups in total. The van der Waals surface area contributed by atoms with Gasteiger partial charge in [-0.3, -0.25) is 0 Å². The van der Waals surface area contributed by atoms with Gasteiger partial charge in [-0.2, -0.15) is 0 Å². The van der Waals surface area contributed by atoms with Crippen molar-refractivity contribution in [2.45, 2.75) is 78.6 Å². The largest absolute Gasteiger partial charge is 0.326 e. The molecule has 0 aromatic carbocycles. The molecule has 104 valence electrons. The highest BCUT2D eigenvalue weighted by Gasteiger charge is 2.19. The van der Waals surface area contributed by atoms with Crippen LogP contribution in [0.5, 0.6) is 0 Å². The van der Waals surface area contributed by atoms with Gasteiger partial charge in [0.05, 0.1) is 26.7 Å². The monoisotopic (exact) mass is 242 g/mol. The van der Waals surface area contributed by atoms with E-state index in [1.54, 1.807) is 0 Å². The van der Waals surface area contributed by atoms with Crippen molar-refractivity contribution >= 4 is 0 Å². The van der Waals surface area contributed by atoms with Gasteiger partial charge in [-0.15, -0.1) is 0 Å². The molecule has 17 heavy (non-hydrogen) atoms. The van der Waals surface area contributed by atoms with E-state index in [0.717, 1.165) is 0 Å². The third-order valence-corrected chi connectivity index (χ3v) is 3.90. The molecule has 0 aliphatic rings. The Hall–Kier alpha value is -0.0400. The highest BCUT2D eigenvalue weighted by molar-refractivity contribution is 4.46. The predicted octanol–water partition coefficient (Wildman–Crippen LogP) is 5.00. The summed E-state index contributed by atoms with van der Waals surface area (Å²) in [6.07, 6.45) is 12.6. The van der Waals surface area contributed by atoms with Crippen LogP contribution in [0.3, 0.4) is 0 Å². The summed E-state index contributed by atoms with van der Waals surface area (Å²) in [4.78, 5) is 0. The smallest absolute Gasteiger partial charge is 0.0784 e. The zero-order valence-electron chi connectivity index (χ0n) is 12.9. The zero-order chi connectivity index (χ0) is 13.0. The van der Waals surface area contributed by atoms with E-state index in [-0.39, 0.29) is 0 Å². The molecule has 0 spiro atoms. The van der Waals surface area contributed by atoms with Gasteiger partial charge in [-0.25, -0.2) is 0 Å². The second-order valence-corrected chi connectivity index (χ2v) is 5.91. The van der Waals surface area contributed by atoms with E-state index < -0.39 is 0 Å². The first-order valence-electron chi connectivity index (χ1n) is 8.02. The van der Waals surface area contributed by atoms with Crippen molar-refractivity contribution in [3.8, 4) is 0 Å². The summed E-state index contributed by atoms with van der Waals surface area (Å²) >= 11 is 0. The van der Waals surface area contributed by atoms with E-state index in [1.165, 1.54) is 81.9 Å². The lowest BCUT2D eigenvalue weighted by molar-refractivity contribution is -0.910. The second-order valence-electron chi connectivity index (χ2n) is 5.91. The van der Waals surface area contributed by atoms with Gasteiger partial charge >= 0.3 is 0 Å². The number of quaternary nitrogens is 1. The zero-order valence-corrected chi connectivity index (χ0v) is 12.9. The van der Waals surface area contributed by atoms with E-state index in [0.29, 0.717) is 0 Å². The van der Waals surface area contributed by atoms with Crippen molar-refractivity contribution in [3.63, 3.8) is 0 Å². The number of rotatable bonds is 12. The Morgan fingerprint density at radius 1 is 0.529 bits per heavy atom. The Morgan fingerprint density at radius 3 is 1.06 bits per heavy atom. The lowest BCUT2D eigenvalue weighted by Crippen LogP contribution is -2.46. The third kappa shape index (κ3) is 9.64. The number of hydrogen-bond donors (Lipinski definition) is 0. The van der Waals surface area contributed by atoms with E-state index in [1.807, 2.05) is 0 Å². The van der Waals surface area contributed by atoms with Gasteiger partial charge < -0.3 is 4.48 Å². The van der Waals surface area contributed by atoms with Crippen LogP contribution >= 0.6 is 0 Å². The van der Waals surface area contributed by atoms with Gasteiger partial charge in [0.25, 0.3) is 0 Å². The van der Waals surface area contributed by atoms with E-state index >= 15 is 0 Å². The molecule has 0 aromatic heterocycles. The maximum absolute atomic E-state index is 2.49. The average Bonchev–Trinajstić information content (AvgIpc) is 2.30. The van der Waals surface area contributed by atoms with E-state index in [9.17, 15) is 0 Å². The molecular formula is C16H36N+. The fraction of sp³-hybridized carbons (Fsp3) is 1.00. The highest BCUT2D eigenvalue weighted by atomic mass is 15.3. The van der Waals surface area contributed by atoms with Crippen LogP contribution in [0, 0.1) is 0 Å². The Morgan fingerprint density at radius 2 is 0.824 bits per heavy atom. The fourth-order valence-electron chi connectivity index (χ4n) is 2.57. The van der Waals surface area contributed by atoms with Gasteiger partial charge in [-0.1, -0.05) is 40.0 Å². The number of unbranched alkanes of at least 4 members (excludes halogenated alkanes) is 6. The summed E-state index contributed by atoms with van der Waals surface area (Å²) in [5.74, 6) is 0. The Labute approximate surface area is 110 Å². The fourth-order valence-corrected chi connectivity index (χ4v) is 2.57. The van der Waals surface area contributed by atoms with Crippen molar-refractivity contribution in [2.24, 2.45) is 0 Å². The average molecular weight is 242 g/mol. The van der Waals surface area contributed by atoms with Crippen molar-refractivity contribution in [3.05, 3.63) is 0 Å². The summed E-state index contributed by atoms with van der Waals surface area (Å²) in [5.41, 5.74) is 0. The summed E-state index contributed by atoms with van der Waals surface area (Å²) in [6, 6.07) is 0. The van der Waals surface area contributed by atoms with E-state index in [4.69, 9.17) is 0 Å². The molecule has 0 saturated heterocycles. The molecule has 0 atom stereocenters. The summed E-state index contributed by atoms with van der Waals surface area (Å²) in [7, 11) is 2.49. The van der Waals surface area contributed by atoms with Gasteiger partial charge in [0, 0.05) is 0 Å². The molecule has 1 heteroatoms. The third-order valence-electron chi connectivity index (χ3n) is 3.90. The van der Waals surface area contributed by atoms with Crippen LogP contribution in [0.1, 0.15) is 78.6 Å². The van der Waals surface area contributed by atoms with Crippen LogP contribution < -0.4 is 0 Å². The molecule has 1 nitrogen and oxygen atoms in total. The summed E-state index contributed by atoms with van der Waals surface area (Å²) in [5, 5.41) is 0. The van der Waals surface area contributed by atoms with Crippen LogP contribution in [-0.4, -0.2) is 31.2 Å². The molecule has 0 rings (SSSR count). The minimum Gasteiger partial charge on any atom is -0.326 e. The molecule has 0 saturated carbocycles. The molecule has 0 amide bonds. The first-order valence-corrected chi connectivity index (χ1v) is 8.02.